The van der Waals surface area contributed by atoms with Crippen molar-refractivity contribution >= 4 is 0 Å². The molecule has 0 saturated heterocycles. The highest BCUT2D eigenvalue weighted by Gasteiger charge is 1.96. The Hall–Kier alpha value is -1.02. The van der Waals surface area contributed by atoms with Crippen LogP contribution in [0.3, 0.4) is 0 Å². The topological polar surface area (TPSA) is 24.1 Å². The van der Waals surface area contributed by atoms with E-state index in [9.17, 15) is 0 Å². The molecule has 0 amide bonds. The largest absolute Gasteiger partial charge is 1.00 e. The number of rotatable bonds is 2. The quantitative estimate of drug-likeness (QED) is 0.430. The van der Waals surface area contributed by atoms with Crippen molar-refractivity contribution in [2.45, 2.75) is 13.5 Å². The van der Waals surface area contributed by atoms with Crippen LogP contribution in [0.2, 0.25) is 0 Å². The number of hydrogen-bond acceptors (Lipinski definition) is 1. The first-order valence-corrected chi connectivity index (χ1v) is 3.62. The molecule has 1 N–H and O–H groups in total. The van der Waals surface area contributed by atoms with E-state index in [4.69, 9.17) is 5.11 Å². The summed E-state index contributed by atoms with van der Waals surface area (Å²) >= 11 is 0. The van der Waals surface area contributed by atoms with Gasteiger partial charge in [-0.1, -0.05) is 6.08 Å². The molecule has 0 fully saturated rings. The number of aromatic hydroxyl groups is 1. The van der Waals surface area contributed by atoms with Gasteiger partial charge in [0.15, 0.2) is 18.5 Å². The second-order valence-electron chi connectivity index (χ2n) is 2.33. The Kier molecular flexibility index (Phi) is 5.13. The molecule has 1 heterocycles. The van der Waals surface area contributed by atoms with Gasteiger partial charge in [-0.2, -0.15) is 4.57 Å². The third kappa shape index (κ3) is 3.39. The molecule has 1 rings (SSSR count). The standard InChI is InChI=1S/C9H11NO.ClH/c1-2-3-6-10-7-4-5-9(11)8-10;/h2-5,7-8H,6H2,1H3;1H/b3-2+;. The Morgan fingerprint density at radius 1 is 1.58 bits per heavy atom. The lowest BCUT2D eigenvalue weighted by atomic mass is 10.4. The second kappa shape index (κ2) is 5.61. The highest BCUT2D eigenvalue weighted by atomic mass is 35.5. The van der Waals surface area contributed by atoms with Gasteiger partial charge >= 0.3 is 0 Å². The molecule has 0 aliphatic heterocycles. The molecule has 1 aromatic rings. The summed E-state index contributed by atoms with van der Waals surface area (Å²) in [7, 11) is 0. The maximum absolute atomic E-state index is 9.07. The minimum Gasteiger partial charge on any atom is -1.00 e. The lowest BCUT2D eigenvalue weighted by Crippen LogP contribution is -3.00. The fourth-order valence-electron chi connectivity index (χ4n) is 0.849. The fourth-order valence-corrected chi connectivity index (χ4v) is 0.849. The van der Waals surface area contributed by atoms with Crippen LogP contribution in [0.5, 0.6) is 5.75 Å². The maximum Gasteiger partial charge on any atom is 0.211 e. The van der Waals surface area contributed by atoms with E-state index in [1.807, 2.05) is 35.9 Å². The van der Waals surface area contributed by atoms with E-state index >= 15 is 0 Å². The van der Waals surface area contributed by atoms with Crippen molar-refractivity contribution in [1.29, 1.82) is 0 Å². The second-order valence-corrected chi connectivity index (χ2v) is 2.33. The highest BCUT2D eigenvalue weighted by Crippen LogP contribution is 1.99. The zero-order valence-corrected chi connectivity index (χ0v) is 7.70. The van der Waals surface area contributed by atoms with Crippen LogP contribution in [-0.2, 0) is 6.54 Å². The van der Waals surface area contributed by atoms with Crippen molar-refractivity contribution in [3.05, 3.63) is 36.7 Å². The number of hydrogen-bond donors (Lipinski definition) is 1. The average molecular weight is 186 g/mol. The van der Waals surface area contributed by atoms with Gasteiger partial charge in [-0.05, 0) is 19.1 Å². The Balaban J connectivity index is 0.00000121. The molecular weight excluding hydrogens is 174 g/mol. The van der Waals surface area contributed by atoms with Gasteiger partial charge < -0.3 is 17.5 Å². The van der Waals surface area contributed by atoms with Gasteiger partial charge in [0.05, 0.1) is 0 Å². The van der Waals surface area contributed by atoms with Crippen LogP contribution in [0, 0.1) is 0 Å². The third-order valence-corrected chi connectivity index (χ3v) is 1.39. The van der Waals surface area contributed by atoms with Crippen LogP contribution in [0.4, 0.5) is 0 Å². The van der Waals surface area contributed by atoms with Crippen LogP contribution < -0.4 is 17.0 Å². The van der Waals surface area contributed by atoms with Crippen LogP contribution >= 0.6 is 0 Å². The average Bonchev–Trinajstić information content (AvgIpc) is 2.01. The van der Waals surface area contributed by atoms with E-state index in [0.717, 1.165) is 6.54 Å². The molecule has 0 aliphatic carbocycles. The molecular formula is C9H12ClNO. The zero-order chi connectivity index (χ0) is 8.10. The minimum atomic E-state index is 0. The monoisotopic (exact) mass is 185 g/mol. The van der Waals surface area contributed by atoms with Crippen molar-refractivity contribution in [3.63, 3.8) is 0 Å². The molecule has 0 unspecified atom stereocenters. The van der Waals surface area contributed by atoms with Gasteiger partial charge in [0.2, 0.25) is 6.20 Å². The van der Waals surface area contributed by atoms with Crippen LogP contribution in [0.1, 0.15) is 6.92 Å². The van der Waals surface area contributed by atoms with E-state index in [1.165, 1.54) is 0 Å². The van der Waals surface area contributed by atoms with Crippen LogP contribution in [0.25, 0.3) is 0 Å². The summed E-state index contributed by atoms with van der Waals surface area (Å²) in [4.78, 5) is 0. The number of pyridine rings is 1. The maximum atomic E-state index is 9.07. The predicted molar refractivity (Wildman–Crippen MR) is 43.1 cm³/mol. The molecule has 0 saturated carbocycles. The van der Waals surface area contributed by atoms with Crippen molar-refractivity contribution in [2.24, 2.45) is 0 Å². The summed E-state index contributed by atoms with van der Waals surface area (Å²) in [5, 5.41) is 9.07. The molecule has 0 aromatic carbocycles. The predicted octanol–water partition coefficient (Wildman–Crippen LogP) is -1.74. The Morgan fingerprint density at radius 3 is 2.92 bits per heavy atom. The lowest BCUT2D eigenvalue weighted by Gasteiger charge is -1.90. The van der Waals surface area contributed by atoms with Gasteiger partial charge in [0, 0.05) is 6.07 Å². The van der Waals surface area contributed by atoms with Crippen molar-refractivity contribution in [1.82, 2.24) is 0 Å². The van der Waals surface area contributed by atoms with Gasteiger partial charge in [-0.15, -0.1) is 0 Å². The smallest absolute Gasteiger partial charge is 0.211 e. The van der Waals surface area contributed by atoms with E-state index in [0.29, 0.717) is 5.75 Å². The summed E-state index contributed by atoms with van der Waals surface area (Å²) in [6.45, 7) is 2.79. The molecule has 0 spiro atoms. The summed E-state index contributed by atoms with van der Waals surface area (Å²) in [5.74, 6) is 0.303. The molecule has 2 nitrogen and oxygen atoms in total. The van der Waals surface area contributed by atoms with Gasteiger partial charge in [0.1, 0.15) is 0 Å². The first-order chi connectivity index (χ1) is 5.33. The van der Waals surface area contributed by atoms with Gasteiger partial charge in [-0.3, -0.25) is 0 Å². The normalized spacial score (nSPS) is 9.75. The van der Waals surface area contributed by atoms with E-state index in [-0.39, 0.29) is 12.4 Å². The van der Waals surface area contributed by atoms with E-state index in [1.54, 1.807) is 12.3 Å². The first kappa shape index (κ1) is 11.0. The van der Waals surface area contributed by atoms with Gasteiger partial charge in [-0.25, -0.2) is 0 Å². The molecule has 12 heavy (non-hydrogen) atoms. The van der Waals surface area contributed by atoms with Crippen LogP contribution in [0.15, 0.2) is 36.7 Å². The lowest BCUT2D eigenvalue weighted by molar-refractivity contribution is -0.687. The zero-order valence-electron chi connectivity index (χ0n) is 6.94. The summed E-state index contributed by atoms with van der Waals surface area (Å²) < 4.78 is 1.91. The number of halogens is 1. The Morgan fingerprint density at radius 2 is 2.33 bits per heavy atom. The highest BCUT2D eigenvalue weighted by molar-refractivity contribution is 5.09. The summed E-state index contributed by atoms with van der Waals surface area (Å²) in [6, 6.07) is 3.48. The Labute approximate surface area is 78.6 Å². The molecule has 0 aliphatic rings. The Bertz CT molecular complexity index is 260. The molecule has 0 bridgehead atoms. The van der Waals surface area contributed by atoms with Gasteiger partial charge in [0.25, 0.3) is 0 Å². The van der Waals surface area contributed by atoms with Crippen molar-refractivity contribution in [3.8, 4) is 5.75 Å². The van der Waals surface area contributed by atoms with E-state index < -0.39 is 0 Å². The van der Waals surface area contributed by atoms with Crippen molar-refractivity contribution < 1.29 is 22.1 Å². The first-order valence-electron chi connectivity index (χ1n) is 3.62. The number of aromatic nitrogens is 1. The molecule has 0 atom stereocenters. The molecule has 1 aromatic heterocycles. The summed E-state index contributed by atoms with van der Waals surface area (Å²) in [5.41, 5.74) is 0. The molecule has 66 valence electrons. The third-order valence-electron chi connectivity index (χ3n) is 1.39. The van der Waals surface area contributed by atoms with Crippen LogP contribution in [-0.4, -0.2) is 5.11 Å². The molecule has 3 heteroatoms. The van der Waals surface area contributed by atoms with Crippen molar-refractivity contribution in [2.75, 3.05) is 0 Å². The number of allylic oxidation sites excluding steroid dienone is 2. The SMILES string of the molecule is C/C=C/C[n+]1cccc(O)c1.[Cl-]. The number of nitrogens with zero attached hydrogens (tertiary/aromatic N) is 1. The minimum absolute atomic E-state index is 0. The summed E-state index contributed by atoms with van der Waals surface area (Å²) in [6.07, 6.45) is 7.62. The van der Waals surface area contributed by atoms with E-state index in [2.05, 4.69) is 0 Å². The molecule has 0 radical (unpaired) electrons. The fraction of sp³-hybridized carbons (Fsp3) is 0.222.